The summed E-state index contributed by atoms with van der Waals surface area (Å²) in [5, 5.41) is 0. The number of hydrogen-bond acceptors (Lipinski definition) is 0. The summed E-state index contributed by atoms with van der Waals surface area (Å²) in [6.07, 6.45) is 0. The topological polar surface area (TPSA) is 85.5 Å². The van der Waals surface area contributed by atoms with E-state index in [9.17, 15) is 0 Å². The van der Waals surface area contributed by atoms with Crippen LogP contribution in [0.25, 0.3) is 0 Å². The van der Waals surface area contributed by atoms with E-state index >= 15 is 0 Å². The molecule has 0 aromatic heterocycles. The maximum absolute atomic E-state index is 0. The van der Waals surface area contributed by atoms with Crippen LogP contribution in [0.2, 0.25) is 0 Å². The Kier molecular flexibility index (Phi) is 1760. The second kappa shape index (κ2) is 91.9. The molecule has 0 aliphatic rings. The van der Waals surface area contributed by atoms with Crippen molar-refractivity contribution in [2.24, 2.45) is 0 Å². The van der Waals surface area contributed by atoms with Crippen LogP contribution in [-0.4, -0.2) is 37.7 Å². The van der Waals surface area contributed by atoms with Gasteiger partial charge in [-0.2, -0.15) is 0 Å². The fraction of sp³-hybridized carbons (Fsp3) is 0. The molecule has 0 saturated heterocycles. The molecule has 0 fully saturated rings. The maximum atomic E-state index is 0. The van der Waals surface area contributed by atoms with Crippen LogP contribution in [0.3, 0.4) is 0 Å². The van der Waals surface area contributed by atoms with E-state index in [2.05, 4.69) is 0 Å². The molecule has 0 bridgehead atoms. The van der Waals surface area contributed by atoms with Gasteiger partial charge in [0.25, 0.3) is 0 Å². The molecule has 7 heteroatoms. The first-order valence-electron chi connectivity index (χ1n) is 0. The largest absolute Gasteiger partial charge is 2.00 e. The summed E-state index contributed by atoms with van der Waals surface area (Å²) in [5.41, 5.74) is 0. The molecule has 0 aliphatic carbocycles. The van der Waals surface area contributed by atoms with Crippen LogP contribution < -0.4 is 0 Å². The normalized spacial score (nSPS) is 0. The van der Waals surface area contributed by atoms with Gasteiger partial charge in [0.2, 0.25) is 0 Å². The van der Waals surface area contributed by atoms with Gasteiger partial charge < -0.3 is 16.4 Å². The Labute approximate surface area is 87.6 Å². The standard InChI is InChI=1S/2Fe.2Li.3O.2H/q2*+3;;;3*-2;;. The Morgan fingerprint density at radius 3 is 0.429 bits per heavy atom. The average Bonchev–Trinajstić information content (AvgIpc) is 0. The van der Waals surface area contributed by atoms with Gasteiger partial charge in [0.15, 0.2) is 0 Å². The molecule has 38 valence electrons. The van der Waals surface area contributed by atoms with Crippen LogP contribution in [0.15, 0.2) is 0 Å². The molecule has 0 aromatic rings. The monoisotopic (exact) mass is 176 g/mol. The summed E-state index contributed by atoms with van der Waals surface area (Å²) >= 11 is 0. The number of rotatable bonds is 0. The molecule has 0 unspecified atom stereocenters. The molecule has 7 heavy (non-hydrogen) atoms. The minimum atomic E-state index is 0. The SMILES string of the molecule is [Fe+3].[Fe+3].[LiH].[LiH].[O-2].[O-2].[O-2]. The van der Waals surface area contributed by atoms with Crippen molar-refractivity contribution in [3.8, 4) is 0 Å². The maximum Gasteiger partial charge on any atom is -2.00 e. The van der Waals surface area contributed by atoms with Crippen LogP contribution in [0.1, 0.15) is 0 Å². The second-order valence-corrected chi connectivity index (χ2v) is 0. The predicted octanol–water partition coefficient (Wildman–Crippen LogP) is -1.66. The predicted molar refractivity (Wildman–Crippen MR) is 16.4 cm³/mol. The van der Waals surface area contributed by atoms with Gasteiger partial charge >= 0.3 is 71.9 Å². The van der Waals surface area contributed by atoms with E-state index in [-0.39, 0.29) is 88.3 Å². The van der Waals surface area contributed by atoms with Crippen molar-refractivity contribution in [2.75, 3.05) is 0 Å². The van der Waals surface area contributed by atoms with Gasteiger partial charge in [0, 0.05) is 0 Å². The third-order valence-corrected chi connectivity index (χ3v) is 0. The molecular weight excluding hydrogens is 174 g/mol. The Bertz CT molecular complexity index is 10.9. The summed E-state index contributed by atoms with van der Waals surface area (Å²) < 4.78 is 0. The summed E-state index contributed by atoms with van der Waals surface area (Å²) in [7, 11) is 0. The van der Waals surface area contributed by atoms with Gasteiger partial charge in [0.05, 0.1) is 0 Å². The van der Waals surface area contributed by atoms with Crippen LogP contribution in [0, 0.1) is 0 Å². The minimum absolute atomic E-state index is 0. The summed E-state index contributed by atoms with van der Waals surface area (Å²) in [6, 6.07) is 0. The molecule has 0 amide bonds. The zero-order valence-corrected chi connectivity index (χ0v) is 4.14. The van der Waals surface area contributed by atoms with Gasteiger partial charge in [-0.15, -0.1) is 0 Å². The van der Waals surface area contributed by atoms with E-state index in [0.29, 0.717) is 0 Å². The molecular formula is H2Fe2Li2O3. The third-order valence-electron chi connectivity index (χ3n) is 0. The first-order chi connectivity index (χ1) is 0. The third kappa shape index (κ3) is 67.9. The van der Waals surface area contributed by atoms with Crippen molar-refractivity contribution in [1.82, 2.24) is 0 Å². The van der Waals surface area contributed by atoms with Gasteiger partial charge in [-0.3, -0.25) is 0 Å². The van der Waals surface area contributed by atoms with Crippen LogP contribution >= 0.6 is 0 Å². The van der Waals surface area contributed by atoms with Crippen molar-refractivity contribution < 1.29 is 50.6 Å². The Morgan fingerprint density at radius 1 is 0.429 bits per heavy atom. The van der Waals surface area contributed by atoms with Crippen LogP contribution in [0.5, 0.6) is 0 Å². The van der Waals surface area contributed by atoms with Crippen molar-refractivity contribution in [3.05, 3.63) is 0 Å². The van der Waals surface area contributed by atoms with Gasteiger partial charge in [0.1, 0.15) is 0 Å². The molecule has 0 saturated carbocycles. The van der Waals surface area contributed by atoms with Crippen LogP contribution in [-0.2, 0) is 50.6 Å². The van der Waals surface area contributed by atoms with Crippen molar-refractivity contribution in [1.29, 1.82) is 0 Å². The zero-order chi connectivity index (χ0) is 0. The summed E-state index contributed by atoms with van der Waals surface area (Å²) in [6.45, 7) is 0. The molecule has 2 radical (unpaired) electrons. The molecule has 0 atom stereocenters. The van der Waals surface area contributed by atoms with Gasteiger partial charge in [-0.05, 0) is 0 Å². The van der Waals surface area contributed by atoms with Gasteiger partial charge in [-0.25, -0.2) is 0 Å². The Morgan fingerprint density at radius 2 is 0.429 bits per heavy atom. The first kappa shape index (κ1) is 134. The summed E-state index contributed by atoms with van der Waals surface area (Å²) in [4.78, 5) is 0. The zero-order valence-electron chi connectivity index (χ0n) is 1.93. The van der Waals surface area contributed by atoms with E-state index in [1.165, 1.54) is 0 Å². The first-order valence-corrected chi connectivity index (χ1v) is 0. The molecule has 0 aromatic carbocycles. The van der Waals surface area contributed by atoms with E-state index in [4.69, 9.17) is 0 Å². The smallest absolute Gasteiger partial charge is 2.00 e. The van der Waals surface area contributed by atoms with Crippen molar-refractivity contribution in [2.45, 2.75) is 0 Å². The quantitative estimate of drug-likeness (QED) is 0.395. The van der Waals surface area contributed by atoms with E-state index < -0.39 is 0 Å². The van der Waals surface area contributed by atoms with Crippen LogP contribution in [0.4, 0.5) is 0 Å². The molecule has 0 heterocycles. The minimum Gasteiger partial charge on any atom is -2.00 e. The summed E-state index contributed by atoms with van der Waals surface area (Å²) in [5.74, 6) is 0. The molecule has 0 spiro atoms. The number of hydrogen-bond donors (Lipinski definition) is 0. The fourth-order valence-corrected chi connectivity index (χ4v) is 0. The fourth-order valence-electron chi connectivity index (χ4n) is 0. The average molecular weight is 176 g/mol. The molecule has 0 aliphatic heterocycles. The molecule has 0 rings (SSSR count). The second-order valence-electron chi connectivity index (χ2n) is 0. The molecule has 0 N–H and O–H groups in total. The van der Waals surface area contributed by atoms with Crippen molar-refractivity contribution in [3.63, 3.8) is 0 Å². The Hall–Kier alpha value is 2.11. The van der Waals surface area contributed by atoms with E-state index in [0.717, 1.165) is 0 Å². The van der Waals surface area contributed by atoms with E-state index in [1.807, 2.05) is 0 Å². The molecule has 3 nitrogen and oxygen atoms in total. The van der Waals surface area contributed by atoms with Gasteiger partial charge in [-0.1, -0.05) is 0 Å². The Balaban J connectivity index is 0. The van der Waals surface area contributed by atoms with E-state index in [1.54, 1.807) is 0 Å². The van der Waals surface area contributed by atoms with Crippen molar-refractivity contribution >= 4 is 37.7 Å².